The van der Waals surface area contributed by atoms with Gasteiger partial charge in [0.2, 0.25) is 0 Å². The Bertz CT molecular complexity index is 271. The minimum atomic E-state index is 0.665. The molecule has 1 heterocycles. The Kier molecular flexibility index (Phi) is 4.44. The van der Waals surface area contributed by atoms with E-state index in [9.17, 15) is 0 Å². The largest absolute Gasteiger partial charge is 0.317 e. The van der Waals surface area contributed by atoms with E-state index in [1.54, 1.807) is 18.8 Å². The maximum atomic E-state index is 4.12. The summed E-state index contributed by atoms with van der Waals surface area (Å²) in [7, 11) is 1.80. The highest BCUT2D eigenvalue weighted by molar-refractivity contribution is 8.15. The van der Waals surface area contributed by atoms with Gasteiger partial charge in [0.25, 0.3) is 0 Å². The van der Waals surface area contributed by atoms with Gasteiger partial charge in [0, 0.05) is 25.0 Å². The van der Waals surface area contributed by atoms with Crippen molar-refractivity contribution in [2.24, 2.45) is 10.9 Å². The summed E-state index contributed by atoms with van der Waals surface area (Å²) in [5, 5.41) is 7.13. The fourth-order valence-electron chi connectivity index (χ4n) is 2.23. The lowest BCUT2D eigenvalue weighted by molar-refractivity contribution is 0.382. The van der Waals surface area contributed by atoms with E-state index < -0.39 is 0 Å². The van der Waals surface area contributed by atoms with E-state index in [1.165, 1.54) is 24.2 Å². The molecule has 2 atom stereocenters. The molecule has 1 aliphatic heterocycles. The fraction of sp³-hybridized carbons (Fsp3) is 0.750. The molecule has 0 radical (unpaired) electrons. The topological polar surface area (TPSA) is 36.4 Å². The first-order valence-electron chi connectivity index (χ1n) is 6.04. The van der Waals surface area contributed by atoms with Crippen molar-refractivity contribution in [3.05, 3.63) is 11.5 Å². The zero-order valence-corrected chi connectivity index (χ0v) is 10.7. The molecule has 0 aromatic heterocycles. The molecule has 0 aromatic rings. The molecular weight excluding hydrogens is 218 g/mol. The molecule has 0 unspecified atom stereocenters. The first-order valence-corrected chi connectivity index (χ1v) is 6.92. The number of hydrogen-bond acceptors (Lipinski definition) is 4. The predicted molar refractivity (Wildman–Crippen MR) is 72.1 cm³/mol. The van der Waals surface area contributed by atoms with Crippen molar-refractivity contribution in [3.8, 4) is 0 Å². The number of aliphatic imine (C=N–C) groups is 1. The molecule has 2 rings (SSSR count). The van der Waals surface area contributed by atoms with Crippen molar-refractivity contribution in [2.75, 3.05) is 20.1 Å². The van der Waals surface area contributed by atoms with Crippen LogP contribution in [0.1, 0.15) is 19.3 Å². The molecule has 0 aromatic carbocycles. The maximum absolute atomic E-state index is 4.12. The maximum Gasteiger partial charge on any atom is 0.0582 e. The van der Waals surface area contributed by atoms with Crippen LogP contribution in [0.2, 0.25) is 0 Å². The van der Waals surface area contributed by atoms with Gasteiger partial charge in [0.15, 0.2) is 0 Å². The van der Waals surface area contributed by atoms with Crippen LogP contribution >= 0.6 is 11.8 Å². The summed E-state index contributed by atoms with van der Waals surface area (Å²) >= 11 is 1.67. The van der Waals surface area contributed by atoms with Crippen LogP contribution in [0, 0.1) is 5.92 Å². The molecule has 0 bridgehead atoms. The number of thioether (sulfide) groups is 1. The summed E-state index contributed by atoms with van der Waals surface area (Å²) in [5.74, 6) is 0.665. The third-order valence-electron chi connectivity index (χ3n) is 3.30. The van der Waals surface area contributed by atoms with Crippen LogP contribution in [0.4, 0.5) is 0 Å². The highest BCUT2D eigenvalue weighted by Gasteiger charge is 2.40. The summed E-state index contributed by atoms with van der Waals surface area (Å²) < 4.78 is 0. The molecule has 1 saturated carbocycles. The van der Waals surface area contributed by atoms with Gasteiger partial charge in [-0.15, -0.1) is 0 Å². The van der Waals surface area contributed by atoms with E-state index in [0.29, 0.717) is 18.0 Å². The molecule has 0 amide bonds. The monoisotopic (exact) mass is 239 g/mol. The van der Waals surface area contributed by atoms with Crippen molar-refractivity contribution in [3.63, 3.8) is 0 Å². The summed E-state index contributed by atoms with van der Waals surface area (Å²) in [5.41, 5.74) is 1.88. The third-order valence-corrected chi connectivity index (χ3v) is 4.22. The highest BCUT2D eigenvalue weighted by Crippen LogP contribution is 2.41. The van der Waals surface area contributed by atoms with Crippen molar-refractivity contribution in [1.29, 1.82) is 0 Å². The van der Waals surface area contributed by atoms with Gasteiger partial charge < -0.3 is 10.6 Å². The van der Waals surface area contributed by atoms with Gasteiger partial charge in [0.1, 0.15) is 0 Å². The van der Waals surface area contributed by atoms with E-state index in [-0.39, 0.29) is 0 Å². The summed E-state index contributed by atoms with van der Waals surface area (Å²) in [6.07, 6.45) is 3.78. The minimum Gasteiger partial charge on any atom is -0.317 e. The van der Waals surface area contributed by atoms with Crippen LogP contribution in [0.3, 0.4) is 0 Å². The smallest absolute Gasteiger partial charge is 0.0582 e. The summed E-state index contributed by atoms with van der Waals surface area (Å²) in [4.78, 5) is 5.24. The SMILES string of the molecule is C=C(S/C=N\C)[C@H]1C[C@@H]1NC1CCNCC1. The second-order valence-corrected chi connectivity index (χ2v) is 5.56. The number of rotatable bonds is 5. The molecule has 1 aliphatic carbocycles. The van der Waals surface area contributed by atoms with Gasteiger partial charge in [-0.25, -0.2) is 0 Å². The van der Waals surface area contributed by atoms with E-state index in [2.05, 4.69) is 22.2 Å². The van der Waals surface area contributed by atoms with E-state index in [0.717, 1.165) is 13.1 Å². The summed E-state index contributed by atoms with van der Waals surface area (Å²) in [6, 6.07) is 1.39. The van der Waals surface area contributed by atoms with Crippen molar-refractivity contribution < 1.29 is 0 Å². The molecule has 2 N–H and O–H groups in total. The third kappa shape index (κ3) is 3.34. The van der Waals surface area contributed by atoms with Crippen LogP contribution in [0.25, 0.3) is 0 Å². The van der Waals surface area contributed by atoms with Crippen molar-refractivity contribution in [2.45, 2.75) is 31.3 Å². The second kappa shape index (κ2) is 5.84. The number of nitrogens with zero attached hydrogens (tertiary/aromatic N) is 1. The molecule has 90 valence electrons. The van der Waals surface area contributed by atoms with E-state index in [1.807, 2.05) is 5.55 Å². The number of nitrogens with one attached hydrogen (secondary N) is 2. The molecule has 2 aliphatic rings. The van der Waals surface area contributed by atoms with Gasteiger partial charge in [-0.1, -0.05) is 18.3 Å². The van der Waals surface area contributed by atoms with Crippen LogP contribution in [-0.2, 0) is 0 Å². The molecule has 2 fully saturated rings. The molecule has 3 nitrogen and oxygen atoms in total. The molecule has 0 spiro atoms. The Labute approximate surface area is 102 Å². The molecular formula is C12H21N3S. The lowest BCUT2D eigenvalue weighted by atomic mass is 10.1. The average molecular weight is 239 g/mol. The van der Waals surface area contributed by atoms with Crippen LogP contribution < -0.4 is 10.6 Å². The predicted octanol–water partition coefficient (Wildman–Crippen LogP) is 1.62. The number of piperidine rings is 1. The van der Waals surface area contributed by atoms with Crippen molar-refractivity contribution in [1.82, 2.24) is 10.6 Å². The van der Waals surface area contributed by atoms with Gasteiger partial charge in [-0.2, -0.15) is 0 Å². The first-order chi connectivity index (χ1) is 7.81. The zero-order chi connectivity index (χ0) is 11.4. The molecule has 4 heteroatoms. The quantitative estimate of drug-likeness (QED) is 0.565. The standard InChI is InChI=1S/C12H21N3S/c1-9(16-8-13-2)11-7-12(11)15-10-3-5-14-6-4-10/h8,10-12,14-15H,1,3-7H2,2H3/b13-8-/t11-,12+/m1/s1. The number of hydrogen-bond donors (Lipinski definition) is 2. The fourth-order valence-corrected chi connectivity index (χ4v) is 2.91. The van der Waals surface area contributed by atoms with Crippen LogP contribution in [-0.4, -0.2) is 37.8 Å². The Morgan fingerprint density at radius 3 is 2.94 bits per heavy atom. The lowest BCUT2D eigenvalue weighted by Crippen LogP contribution is -2.41. The summed E-state index contributed by atoms with van der Waals surface area (Å²) in [6.45, 7) is 6.44. The lowest BCUT2D eigenvalue weighted by Gasteiger charge is -2.24. The average Bonchev–Trinajstić information content (AvgIpc) is 3.06. The second-order valence-electron chi connectivity index (χ2n) is 4.59. The van der Waals surface area contributed by atoms with Crippen molar-refractivity contribution >= 4 is 17.3 Å². The minimum absolute atomic E-state index is 0.665. The van der Waals surface area contributed by atoms with Crippen LogP contribution in [0.5, 0.6) is 0 Å². The normalized spacial score (nSPS) is 30.8. The van der Waals surface area contributed by atoms with E-state index >= 15 is 0 Å². The Morgan fingerprint density at radius 2 is 2.25 bits per heavy atom. The van der Waals surface area contributed by atoms with E-state index in [4.69, 9.17) is 0 Å². The van der Waals surface area contributed by atoms with Crippen LogP contribution in [0.15, 0.2) is 16.5 Å². The van der Waals surface area contributed by atoms with Gasteiger partial charge in [-0.3, -0.25) is 4.99 Å². The highest BCUT2D eigenvalue weighted by atomic mass is 32.2. The Morgan fingerprint density at radius 1 is 1.50 bits per heavy atom. The zero-order valence-electron chi connectivity index (χ0n) is 9.91. The van der Waals surface area contributed by atoms with Gasteiger partial charge in [0.05, 0.1) is 5.55 Å². The molecule has 1 saturated heterocycles. The van der Waals surface area contributed by atoms with Gasteiger partial charge in [-0.05, 0) is 37.3 Å². The Balaban J connectivity index is 1.68. The van der Waals surface area contributed by atoms with Gasteiger partial charge >= 0.3 is 0 Å². The Hall–Kier alpha value is -0.320. The first kappa shape index (κ1) is 12.1. The molecule has 16 heavy (non-hydrogen) atoms.